The molecule has 0 spiro atoms. The molecule has 0 radical (unpaired) electrons. The number of alkyl halides is 1. The number of sulfonamides is 1. The van der Waals surface area contributed by atoms with Gasteiger partial charge >= 0.3 is 0 Å². The van der Waals surface area contributed by atoms with Gasteiger partial charge in [0.1, 0.15) is 10.9 Å². The molecular formula is C10H14ClN3O3S. The first kappa shape index (κ1) is 13.5. The third-order valence-corrected chi connectivity index (χ3v) is 5.24. The molecule has 0 saturated heterocycles. The molecule has 0 aliphatic carbocycles. The second-order valence-corrected chi connectivity index (χ2v) is 6.49. The van der Waals surface area contributed by atoms with Gasteiger partial charge in [0, 0.05) is 32.2 Å². The highest BCUT2D eigenvalue weighted by Crippen LogP contribution is 2.34. The Kier molecular flexibility index (Phi) is 3.74. The molecule has 0 amide bonds. The van der Waals surface area contributed by atoms with E-state index in [9.17, 15) is 13.3 Å². The topological polar surface area (TPSA) is 71.7 Å². The lowest BCUT2D eigenvalue weighted by atomic mass is 10.2. The first-order valence-corrected chi connectivity index (χ1v) is 7.53. The molecule has 0 fully saturated rings. The normalized spacial score (nSPS) is 22.7. The van der Waals surface area contributed by atoms with E-state index in [2.05, 4.69) is 5.18 Å². The summed E-state index contributed by atoms with van der Waals surface area (Å²) in [5, 5.41) is 3.04. The van der Waals surface area contributed by atoms with Crippen LogP contribution >= 0.6 is 11.6 Å². The Bertz CT molecular complexity index is 555. The second kappa shape index (κ2) is 4.99. The quantitative estimate of drug-likeness (QED) is 0.623. The van der Waals surface area contributed by atoms with E-state index < -0.39 is 16.1 Å². The van der Waals surface area contributed by atoms with Gasteiger partial charge in [-0.3, -0.25) is 0 Å². The van der Waals surface area contributed by atoms with Gasteiger partial charge in [0.15, 0.2) is 0 Å². The maximum Gasteiger partial charge on any atom is 0.245 e. The molecule has 0 aromatic carbocycles. The number of nitrogens with zero attached hydrogens (tertiary/aromatic N) is 3. The molecule has 0 bridgehead atoms. The molecule has 8 heteroatoms. The molecule has 1 atom stereocenters. The van der Waals surface area contributed by atoms with E-state index >= 15 is 0 Å². The number of rotatable bonds is 4. The Labute approximate surface area is 111 Å². The summed E-state index contributed by atoms with van der Waals surface area (Å²) >= 11 is 5.58. The van der Waals surface area contributed by atoms with Crippen molar-refractivity contribution in [2.45, 2.75) is 17.4 Å². The largest absolute Gasteiger partial charge is 0.351 e. The van der Waals surface area contributed by atoms with Crippen molar-refractivity contribution < 1.29 is 8.42 Å². The fraction of sp³-hybridized carbons (Fsp3) is 0.600. The van der Waals surface area contributed by atoms with Crippen LogP contribution in [0.3, 0.4) is 0 Å². The molecule has 0 saturated carbocycles. The predicted octanol–water partition coefficient (Wildman–Crippen LogP) is 1.47. The van der Waals surface area contributed by atoms with Crippen LogP contribution in [-0.2, 0) is 17.1 Å². The Morgan fingerprint density at radius 2 is 2.28 bits per heavy atom. The maximum atomic E-state index is 12.3. The zero-order valence-electron chi connectivity index (χ0n) is 9.91. The highest BCUT2D eigenvalue weighted by molar-refractivity contribution is 7.89. The third-order valence-electron chi connectivity index (χ3n) is 3.06. The number of nitroso groups, excluding NO2 is 1. The van der Waals surface area contributed by atoms with Gasteiger partial charge in [0.25, 0.3) is 0 Å². The van der Waals surface area contributed by atoms with Gasteiger partial charge in [-0.05, 0) is 12.5 Å². The summed E-state index contributed by atoms with van der Waals surface area (Å²) in [6.07, 6.45) is 2.18. The summed E-state index contributed by atoms with van der Waals surface area (Å²) in [6, 6.07) is 0.856. The monoisotopic (exact) mass is 291 g/mol. The van der Waals surface area contributed by atoms with E-state index in [-0.39, 0.29) is 11.4 Å². The lowest BCUT2D eigenvalue weighted by Gasteiger charge is -2.29. The van der Waals surface area contributed by atoms with E-state index in [0.717, 1.165) is 0 Å². The predicted molar refractivity (Wildman–Crippen MR) is 68.0 cm³/mol. The summed E-state index contributed by atoms with van der Waals surface area (Å²) in [5.41, 5.74) is 0.465. The molecular weight excluding hydrogens is 278 g/mol. The molecule has 18 heavy (non-hydrogen) atoms. The lowest BCUT2D eigenvalue weighted by Crippen LogP contribution is -2.40. The second-order valence-electron chi connectivity index (χ2n) is 4.20. The van der Waals surface area contributed by atoms with Gasteiger partial charge in [0.05, 0.1) is 5.69 Å². The average Bonchev–Trinajstić information content (AvgIpc) is 2.72. The summed E-state index contributed by atoms with van der Waals surface area (Å²) in [5.74, 6) is 0.382. The van der Waals surface area contributed by atoms with Crippen LogP contribution in [0.4, 0.5) is 0 Å². The van der Waals surface area contributed by atoms with Crippen LogP contribution in [0.1, 0.15) is 18.2 Å². The van der Waals surface area contributed by atoms with Crippen LogP contribution < -0.4 is 0 Å². The molecule has 1 aliphatic rings. The van der Waals surface area contributed by atoms with E-state index in [4.69, 9.17) is 11.6 Å². The van der Waals surface area contributed by atoms with Crippen molar-refractivity contribution in [3.05, 3.63) is 22.9 Å². The molecule has 1 aliphatic heterocycles. The van der Waals surface area contributed by atoms with Crippen LogP contribution in [0.25, 0.3) is 0 Å². The Hall–Kier alpha value is -0.920. The summed E-state index contributed by atoms with van der Waals surface area (Å²) in [7, 11) is -1.81. The summed E-state index contributed by atoms with van der Waals surface area (Å²) in [6.45, 7) is 0.403. The Morgan fingerprint density at radius 1 is 1.56 bits per heavy atom. The standard InChI is InChI=1S/C10H14ClN3O3S/c1-13-6-3-9-10(13)8(12-15)7-14(5-2-4-11)18(9,16)17/h3,6,8H,2,4-5,7H2,1H3. The highest BCUT2D eigenvalue weighted by atomic mass is 35.5. The van der Waals surface area contributed by atoms with Crippen molar-refractivity contribution in [3.63, 3.8) is 0 Å². The summed E-state index contributed by atoms with van der Waals surface area (Å²) < 4.78 is 27.5. The zero-order chi connectivity index (χ0) is 13.3. The number of halogens is 1. The van der Waals surface area contributed by atoms with Crippen LogP contribution in [0.5, 0.6) is 0 Å². The average molecular weight is 292 g/mol. The maximum absolute atomic E-state index is 12.3. The van der Waals surface area contributed by atoms with Crippen molar-refractivity contribution in [1.29, 1.82) is 0 Å². The van der Waals surface area contributed by atoms with E-state index in [1.807, 2.05) is 0 Å². The van der Waals surface area contributed by atoms with Crippen LogP contribution in [0.2, 0.25) is 0 Å². The molecule has 0 N–H and O–H groups in total. The Balaban J connectivity index is 2.45. The first-order chi connectivity index (χ1) is 8.52. The molecule has 1 aromatic rings. The minimum Gasteiger partial charge on any atom is -0.351 e. The van der Waals surface area contributed by atoms with Crippen molar-refractivity contribution in [2.75, 3.05) is 19.0 Å². The fourth-order valence-corrected chi connectivity index (χ4v) is 4.07. The molecule has 100 valence electrons. The van der Waals surface area contributed by atoms with Crippen molar-refractivity contribution in [2.24, 2.45) is 12.2 Å². The van der Waals surface area contributed by atoms with Crippen LogP contribution in [0.15, 0.2) is 22.3 Å². The molecule has 2 heterocycles. The minimum atomic E-state index is -3.52. The molecule has 2 rings (SSSR count). The number of aryl methyl sites for hydroxylation is 1. The van der Waals surface area contributed by atoms with Gasteiger partial charge in [-0.1, -0.05) is 5.18 Å². The Morgan fingerprint density at radius 3 is 2.89 bits per heavy atom. The van der Waals surface area contributed by atoms with E-state index in [1.54, 1.807) is 17.8 Å². The van der Waals surface area contributed by atoms with Gasteiger partial charge in [-0.25, -0.2) is 8.42 Å². The number of hydrogen-bond donors (Lipinski definition) is 0. The lowest BCUT2D eigenvalue weighted by molar-refractivity contribution is 0.364. The fourth-order valence-electron chi connectivity index (χ4n) is 2.18. The SMILES string of the molecule is Cn1ccc2c1C(N=O)CN(CCCCl)S2(=O)=O. The minimum absolute atomic E-state index is 0.0908. The summed E-state index contributed by atoms with van der Waals surface area (Å²) in [4.78, 5) is 11.1. The zero-order valence-corrected chi connectivity index (χ0v) is 11.5. The van der Waals surface area contributed by atoms with Gasteiger partial charge in [0.2, 0.25) is 10.0 Å². The van der Waals surface area contributed by atoms with Crippen LogP contribution in [-0.4, -0.2) is 36.3 Å². The van der Waals surface area contributed by atoms with E-state index in [0.29, 0.717) is 24.5 Å². The molecule has 1 aromatic heterocycles. The molecule has 1 unspecified atom stereocenters. The third kappa shape index (κ3) is 2.06. The van der Waals surface area contributed by atoms with Gasteiger partial charge in [-0.15, -0.1) is 11.6 Å². The number of hydrogen-bond acceptors (Lipinski definition) is 4. The first-order valence-electron chi connectivity index (χ1n) is 5.56. The number of aromatic nitrogens is 1. The van der Waals surface area contributed by atoms with Crippen molar-refractivity contribution in [3.8, 4) is 0 Å². The van der Waals surface area contributed by atoms with E-state index in [1.165, 1.54) is 10.4 Å². The van der Waals surface area contributed by atoms with Crippen molar-refractivity contribution in [1.82, 2.24) is 8.87 Å². The van der Waals surface area contributed by atoms with Crippen molar-refractivity contribution >= 4 is 21.6 Å². The highest BCUT2D eigenvalue weighted by Gasteiger charge is 2.39. The van der Waals surface area contributed by atoms with Gasteiger partial charge in [-0.2, -0.15) is 9.21 Å². The smallest absolute Gasteiger partial charge is 0.245 e. The van der Waals surface area contributed by atoms with Crippen LogP contribution in [0, 0.1) is 4.91 Å². The van der Waals surface area contributed by atoms with Gasteiger partial charge < -0.3 is 4.57 Å². The molecule has 6 nitrogen and oxygen atoms in total. The number of fused-ring (bicyclic) bond motifs is 1.